The normalized spacial score (nSPS) is 18.0. The van der Waals surface area contributed by atoms with Crippen molar-refractivity contribution in [2.24, 2.45) is 0 Å². The van der Waals surface area contributed by atoms with Crippen molar-refractivity contribution in [3.05, 3.63) is 59.9 Å². The van der Waals surface area contributed by atoms with Gasteiger partial charge in [0.1, 0.15) is 12.1 Å². The highest BCUT2D eigenvalue weighted by atomic mass is 19.1. The molecule has 1 amide bonds. The number of carbonyl (C=O) groups is 1. The third-order valence-electron chi connectivity index (χ3n) is 4.31. The van der Waals surface area contributed by atoms with Crippen molar-refractivity contribution in [1.29, 1.82) is 0 Å². The van der Waals surface area contributed by atoms with Crippen LogP contribution in [0.3, 0.4) is 0 Å². The van der Waals surface area contributed by atoms with Crippen molar-refractivity contribution < 1.29 is 9.18 Å². The van der Waals surface area contributed by atoms with Gasteiger partial charge in [0.25, 0.3) is 0 Å². The fraction of sp³-hybridized carbons (Fsp3) is 0.389. The van der Waals surface area contributed by atoms with Crippen LogP contribution in [0.15, 0.2) is 42.9 Å². The molecule has 0 radical (unpaired) electrons. The smallest absolute Gasteiger partial charge is 0.222 e. The third-order valence-corrected chi connectivity index (χ3v) is 4.31. The van der Waals surface area contributed by atoms with Gasteiger partial charge in [-0.05, 0) is 43.0 Å². The molecule has 0 saturated carbocycles. The van der Waals surface area contributed by atoms with E-state index in [1.54, 1.807) is 18.6 Å². The van der Waals surface area contributed by atoms with Gasteiger partial charge < -0.3 is 4.90 Å². The number of aryl methyl sites for hydroxylation is 1. The fourth-order valence-corrected chi connectivity index (χ4v) is 3.09. The lowest BCUT2D eigenvalue weighted by molar-refractivity contribution is -0.132. The number of hydrogen-bond acceptors (Lipinski definition) is 3. The Morgan fingerprint density at radius 2 is 2.26 bits per heavy atom. The average Bonchev–Trinajstić information content (AvgIpc) is 2.61. The van der Waals surface area contributed by atoms with E-state index in [4.69, 9.17) is 0 Å². The average molecular weight is 313 g/mol. The number of benzene rings is 1. The molecule has 1 aliphatic heterocycles. The summed E-state index contributed by atoms with van der Waals surface area (Å²) >= 11 is 0. The zero-order valence-electron chi connectivity index (χ0n) is 13.0. The molecular formula is C18H20FN3O. The highest BCUT2D eigenvalue weighted by Gasteiger charge is 2.25. The number of piperidine rings is 1. The molecule has 0 aliphatic carbocycles. The molecule has 5 heteroatoms. The van der Waals surface area contributed by atoms with Crippen LogP contribution in [0.2, 0.25) is 0 Å². The van der Waals surface area contributed by atoms with Crippen molar-refractivity contribution in [3.63, 3.8) is 0 Å². The zero-order valence-corrected chi connectivity index (χ0v) is 13.0. The second kappa shape index (κ2) is 7.31. The van der Waals surface area contributed by atoms with Gasteiger partial charge in [-0.25, -0.2) is 14.4 Å². The van der Waals surface area contributed by atoms with Crippen molar-refractivity contribution in [1.82, 2.24) is 14.9 Å². The van der Waals surface area contributed by atoms with E-state index in [-0.39, 0.29) is 17.6 Å². The maximum atomic E-state index is 13.2. The minimum absolute atomic E-state index is 0.132. The van der Waals surface area contributed by atoms with E-state index < -0.39 is 0 Å². The Morgan fingerprint density at radius 3 is 3.04 bits per heavy atom. The van der Waals surface area contributed by atoms with Crippen LogP contribution in [0, 0.1) is 5.82 Å². The molecule has 1 saturated heterocycles. The van der Waals surface area contributed by atoms with Crippen molar-refractivity contribution in [2.45, 2.75) is 31.6 Å². The van der Waals surface area contributed by atoms with Gasteiger partial charge in [-0.3, -0.25) is 4.79 Å². The summed E-state index contributed by atoms with van der Waals surface area (Å²) in [7, 11) is 0. The zero-order chi connectivity index (χ0) is 16.1. The molecule has 1 aromatic heterocycles. The molecule has 2 aromatic rings. The molecule has 120 valence electrons. The molecule has 23 heavy (non-hydrogen) atoms. The van der Waals surface area contributed by atoms with Gasteiger partial charge in [-0.15, -0.1) is 0 Å². The Kier molecular flexibility index (Phi) is 4.95. The van der Waals surface area contributed by atoms with Crippen LogP contribution in [0.1, 0.15) is 36.4 Å². The van der Waals surface area contributed by atoms with E-state index in [1.807, 2.05) is 17.0 Å². The Balaban J connectivity index is 1.57. The van der Waals surface area contributed by atoms with Gasteiger partial charge >= 0.3 is 0 Å². The number of rotatable bonds is 4. The Morgan fingerprint density at radius 1 is 1.35 bits per heavy atom. The minimum Gasteiger partial charge on any atom is -0.342 e. The van der Waals surface area contributed by atoms with E-state index in [9.17, 15) is 9.18 Å². The molecule has 1 fully saturated rings. The van der Waals surface area contributed by atoms with Gasteiger partial charge in [0.05, 0.1) is 0 Å². The molecule has 1 aromatic carbocycles. The number of hydrogen-bond donors (Lipinski definition) is 0. The fourth-order valence-electron chi connectivity index (χ4n) is 3.09. The number of nitrogens with zero attached hydrogens (tertiary/aromatic N) is 3. The number of carbonyl (C=O) groups excluding carboxylic acids is 1. The molecular weight excluding hydrogens is 293 g/mol. The first-order valence-electron chi connectivity index (χ1n) is 8.00. The first kappa shape index (κ1) is 15.6. The standard InChI is InChI=1S/C18H20FN3O/c19-16-5-1-3-14(11-16)6-7-18(23)22-10-2-4-15(12-22)17-8-9-20-13-21-17/h1,3,5,8-9,11,13,15H,2,4,6-7,10,12H2/t15-/m1/s1. The number of likely N-dealkylation sites (tertiary alicyclic amines) is 1. The van der Waals surface area contributed by atoms with E-state index in [2.05, 4.69) is 9.97 Å². The predicted octanol–water partition coefficient (Wildman–Crippen LogP) is 2.95. The Bertz CT molecular complexity index is 662. The largest absolute Gasteiger partial charge is 0.342 e. The second-order valence-electron chi connectivity index (χ2n) is 5.94. The minimum atomic E-state index is -0.253. The SMILES string of the molecule is O=C(CCc1cccc(F)c1)N1CCC[C@@H](c2ccncn2)C1. The van der Waals surface area contributed by atoms with E-state index in [1.165, 1.54) is 12.1 Å². The molecule has 0 spiro atoms. The molecule has 0 N–H and O–H groups in total. The lowest BCUT2D eigenvalue weighted by Gasteiger charge is -2.32. The first-order chi connectivity index (χ1) is 11.2. The van der Waals surface area contributed by atoms with Crippen LogP contribution in [0.4, 0.5) is 4.39 Å². The van der Waals surface area contributed by atoms with Crippen molar-refractivity contribution >= 4 is 5.91 Å². The van der Waals surface area contributed by atoms with Gasteiger partial charge in [0.2, 0.25) is 5.91 Å². The highest BCUT2D eigenvalue weighted by Crippen LogP contribution is 2.25. The summed E-state index contributed by atoms with van der Waals surface area (Å²) in [6, 6.07) is 8.37. The number of halogens is 1. The molecule has 2 heterocycles. The molecule has 0 bridgehead atoms. The summed E-state index contributed by atoms with van der Waals surface area (Å²) in [4.78, 5) is 22.6. The summed E-state index contributed by atoms with van der Waals surface area (Å²) in [5.74, 6) is 0.162. The molecule has 1 atom stereocenters. The quantitative estimate of drug-likeness (QED) is 0.872. The van der Waals surface area contributed by atoms with Crippen molar-refractivity contribution in [2.75, 3.05) is 13.1 Å². The highest BCUT2D eigenvalue weighted by molar-refractivity contribution is 5.76. The molecule has 3 rings (SSSR count). The lowest BCUT2D eigenvalue weighted by atomic mass is 9.94. The Labute approximate surface area is 135 Å². The summed E-state index contributed by atoms with van der Waals surface area (Å²) < 4.78 is 13.2. The van der Waals surface area contributed by atoms with Gasteiger partial charge in [0, 0.05) is 37.3 Å². The first-order valence-corrected chi connectivity index (χ1v) is 8.00. The maximum Gasteiger partial charge on any atom is 0.222 e. The summed E-state index contributed by atoms with van der Waals surface area (Å²) in [5.41, 5.74) is 1.87. The topological polar surface area (TPSA) is 46.1 Å². The summed E-state index contributed by atoms with van der Waals surface area (Å²) in [6.07, 6.45) is 6.32. The van der Waals surface area contributed by atoms with Crippen LogP contribution >= 0.6 is 0 Å². The van der Waals surface area contributed by atoms with Crippen LogP contribution in [0.25, 0.3) is 0 Å². The molecule has 1 aliphatic rings. The van der Waals surface area contributed by atoms with E-state index in [0.29, 0.717) is 19.4 Å². The number of aromatic nitrogens is 2. The van der Waals surface area contributed by atoms with Crippen LogP contribution in [-0.2, 0) is 11.2 Å². The summed E-state index contributed by atoms with van der Waals surface area (Å²) in [5, 5.41) is 0. The second-order valence-corrected chi connectivity index (χ2v) is 5.94. The number of amides is 1. The van der Waals surface area contributed by atoms with Crippen LogP contribution < -0.4 is 0 Å². The van der Waals surface area contributed by atoms with Crippen LogP contribution in [-0.4, -0.2) is 33.9 Å². The van der Waals surface area contributed by atoms with Crippen LogP contribution in [0.5, 0.6) is 0 Å². The molecule has 4 nitrogen and oxygen atoms in total. The van der Waals surface area contributed by atoms with Gasteiger partial charge in [0.15, 0.2) is 0 Å². The van der Waals surface area contributed by atoms with E-state index in [0.717, 1.165) is 30.6 Å². The van der Waals surface area contributed by atoms with Gasteiger partial charge in [-0.2, -0.15) is 0 Å². The molecule has 0 unspecified atom stereocenters. The maximum absolute atomic E-state index is 13.2. The van der Waals surface area contributed by atoms with Gasteiger partial charge in [-0.1, -0.05) is 12.1 Å². The van der Waals surface area contributed by atoms with Crippen molar-refractivity contribution in [3.8, 4) is 0 Å². The predicted molar refractivity (Wildman–Crippen MR) is 85.3 cm³/mol. The summed E-state index contributed by atoms with van der Waals surface area (Å²) in [6.45, 7) is 1.50. The third kappa shape index (κ3) is 4.12. The monoisotopic (exact) mass is 313 g/mol. The van der Waals surface area contributed by atoms with E-state index >= 15 is 0 Å². The lowest BCUT2D eigenvalue weighted by Crippen LogP contribution is -2.39. The Hall–Kier alpha value is -2.30.